The number of nitrogens with two attached hydrogens (primary N) is 1. The van der Waals surface area contributed by atoms with Crippen molar-refractivity contribution in [2.45, 2.75) is 0 Å². The number of nitrogens with zero attached hydrogens (tertiary/aromatic N) is 5. The highest BCUT2D eigenvalue weighted by molar-refractivity contribution is 6.28. The third-order valence-electron chi connectivity index (χ3n) is 2.13. The summed E-state index contributed by atoms with van der Waals surface area (Å²) in [6.45, 7) is 0. The summed E-state index contributed by atoms with van der Waals surface area (Å²) in [5, 5.41) is 10.9. The molecule has 7 nitrogen and oxygen atoms in total. The lowest BCUT2D eigenvalue weighted by Crippen LogP contribution is -2.12. The molecular weight excluding hydrogens is 256 g/mol. The fourth-order valence-electron chi connectivity index (χ4n) is 1.36. The molecule has 0 amide bonds. The number of methoxy groups -OCH3 is 1. The standard InChI is InChI=1S/C10H11ClN6O/c1-18-9-3-7(14-10(12)5-11)2-8(4-9)17-6-13-15-16-17/h2-4,6H,5H2,1H3,(H2,12,14). The molecule has 0 aliphatic rings. The van der Waals surface area contributed by atoms with E-state index in [-0.39, 0.29) is 5.88 Å². The van der Waals surface area contributed by atoms with Crippen LogP contribution in [0.5, 0.6) is 5.75 Å². The molecule has 0 atom stereocenters. The van der Waals surface area contributed by atoms with Crippen molar-refractivity contribution in [3.05, 3.63) is 24.5 Å². The fraction of sp³-hybridized carbons (Fsp3) is 0.200. The molecule has 0 spiro atoms. The number of halogens is 1. The zero-order chi connectivity index (χ0) is 13.0. The smallest absolute Gasteiger partial charge is 0.143 e. The first-order valence-electron chi connectivity index (χ1n) is 5.04. The second-order valence-electron chi connectivity index (χ2n) is 3.38. The maximum atomic E-state index is 5.60. The largest absolute Gasteiger partial charge is 0.497 e. The van der Waals surface area contributed by atoms with Crippen LogP contribution >= 0.6 is 11.6 Å². The fourth-order valence-corrected chi connectivity index (χ4v) is 1.42. The summed E-state index contributed by atoms with van der Waals surface area (Å²) in [5.74, 6) is 1.12. The lowest BCUT2D eigenvalue weighted by molar-refractivity contribution is 0.414. The minimum Gasteiger partial charge on any atom is -0.497 e. The Balaban J connectivity index is 2.46. The second-order valence-corrected chi connectivity index (χ2v) is 3.65. The maximum absolute atomic E-state index is 5.60. The molecule has 1 aromatic heterocycles. The molecule has 94 valence electrons. The zero-order valence-electron chi connectivity index (χ0n) is 9.62. The summed E-state index contributed by atoms with van der Waals surface area (Å²) in [4.78, 5) is 4.16. The van der Waals surface area contributed by atoms with Gasteiger partial charge in [-0.05, 0) is 16.5 Å². The topological polar surface area (TPSA) is 91.2 Å². The molecule has 0 unspecified atom stereocenters. The number of benzene rings is 1. The van der Waals surface area contributed by atoms with Crippen molar-refractivity contribution in [2.75, 3.05) is 13.0 Å². The third kappa shape index (κ3) is 2.75. The van der Waals surface area contributed by atoms with Gasteiger partial charge in [-0.3, -0.25) is 0 Å². The number of hydrogen-bond donors (Lipinski definition) is 1. The molecule has 18 heavy (non-hydrogen) atoms. The van der Waals surface area contributed by atoms with Gasteiger partial charge < -0.3 is 10.5 Å². The van der Waals surface area contributed by atoms with Crippen LogP contribution in [-0.2, 0) is 0 Å². The van der Waals surface area contributed by atoms with Crippen molar-refractivity contribution >= 4 is 23.1 Å². The monoisotopic (exact) mass is 266 g/mol. The lowest BCUT2D eigenvalue weighted by Gasteiger charge is -2.06. The van der Waals surface area contributed by atoms with Gasteiger partial charge in [0, 0.05) is 12.1 Å². The van der Waals surface area contributed by atoms with Crippen LogP contribution in [0.25, 0.3) is 5.69 Å². The first kappa shape index (κ1) is 12.3. The molecule has 0 aliphatic carbocycles. The molecule has 2 aromatic rings. The number of tetrazole rings is 1. The van der Waals surface area contributed by atoms with Gasteiger partial charge in [-0.1, -0.05) is 0 Å². The van der Waals surface area contributed by atoms with E-state index in [1.54, 1.807) is 25.3 Å². The van der Waals surface area contributed by atoms with E-state index >= 15 is 0 Å². The summed E-state index contributed by atoms with van der Waals surface area (Å²) >= 11 is 5.59. The van der Waals surface area contributed by atoms with Crippen LogP contribution in [0.3, 0.4) is 0 Å². The van der Waals surface area contributed by atoms with Crippen LogP contribution in [0.1, 0.15) is 0 Å². The van der Waals surface area contributed by atoms with E-state index in [2.05, 4.69) is 20.5 Å². The predicted octanol–water partition coefficient (Wildman–Crippen LogP) is 0.898. The quantitative estimate of drug-likeness (QED) is 0.504. The molecule has 2 rings (SSSR count). The Morgan fingerprint density at radius 2 is 2.33 bits per heavy atom. The van der Waals surface area contributed by atoms with Gasteiger partial charge in [-0.15, -0.1) is 16.7 Å². The Bertz CT molecular complexity index is 554. The van der Waals surface area contributed by atoms with Crippen molar-refractivity contribution in [3.8, 4) is 11.4 Å². The number of aromatic nitrogens is 4. The molecule has 0 radical (unpaired) electrons. The van der Waals surface area contributed by atoms with Crippen LogP contribution in [0, 0.1) is 0 Å². The number of alkyl halides is 1. The average molecular weight is 267 g/mol. The van der Waals surface area contributed by atoms with E-state index in [1.807, 2.05) is 0 Å². The van der Waals surface area contributed by atoms with E-state index in [0.29, 0.717) is 17.3 Å². The van der Waals surface area contributed by atoms with Gasteiger partial charge in [-0.2, -0.15) is 0 Å². The Morgan fingerprint density at radius 1 is 1.50 bits per heavy atom. The van der Waals surface area contributed by atoms with Crippen LogP contribution in [-0.4, -0.2) is 39.0 Å². The lowest BCUT2D eigenvalue weighted by atomic mass is 10.2. The molecule has 0 saturated carbocycles. The molecule has 0 bridgehead atoms. The van der Waals surface area contributed by atoms with Gasteiger partial charge >= 0.3 is 0 Å². The van der Waals surface area contributed by atoms with Crippen molar-refractivity contribution in [3.63, 3.8) is 0 Å². The Morgan fingerprint density at radius 3 is 2.94 bits per heavy atom. The van der Waals surface area contributed by atoms with E-state index < -0.39 is 0 Å². The summed E-state index contributed by atoms with van der Waals surface area (Å²) in [6, 6.07) is 5.30. The SMILES string of the molecule is COc1cc(N=C(N)CCl)cc(-n2cnnn2)c1. The van der Waals surface area contributed by atoms with E-state index in [4.69, 9.17) is 22.1 Å². The average Bonchev–Trinajstić information content (AvgIpc) is 2.92. The van der Waals surface area contributed by atoms with Crippen LogP contribution < -0.4 is 10.5 Å². The van der Waals surface area contributed by atoms with E-state index in [0.717, 1.165) is 5.69 Å². The predicted molar refractivity (Wildman–Crippen MR) is 67.7 cm³/mol. The highest BCUT2D eigenvalue weighted by Gasteiger charge is 2.04. The summed E-state index contributed by atoms with van der Waals surface area (Å²) in [5.41, 5.74) is 6.94. The number of aliphatic imine (C=N–C) groups is 1. The number of hydrogen-bond acceptors (Lipinski definition) is 5. The van der Waals surface area contributed by atoms with Gasteiger partial charge in [-0.25, -0.2) is 9.67 Å². The molecule has 1 aromatic carbocycles. The number of amidine groups is 1. The molecule has 8 heteroatoms. The van der Waals surface area contributed by atoms with Gasteiger partial charge in [0.1, 0.15) is 17.9 Å². The van der Waals surface area contributed by atoms with Crippen LogP contribution in [0.4, 0.5) is 5.69 Å². The first-order chi connectivity index (χ1) is 8.72. The van der Waals surface area contributed by atoms with Crippen molar-refractivity contribution in [1.29, 1.82) is 0 Å². The van der Waals surface area contributed by atoms with E-state index in [1.165, 1.54) is 11.0 Å². The van der Waals surface area contributed by atoms with Crippen molar-refractivity contribution in [2.24, 2.45) is 10.7 Å². The Hall–Kier alpha value is -2.15. The normalized spacial score (nSPS) is 11.6. The summed E-state index contributed by atoms with van der Waals surface area (Å²) < 4.78 is 6.68. The third-order valence-corrected chi connectivity index (χ3v) is 2.41. The van der Waals surface area contributed by atoms with Crippen molar-refractivity contribution < 1.29 is 4.74 Å². The Kier molecular flexibility index (Phi) is 3.73. The number of rotatable bonds is 4. The molecule has 0 saturated heterocycles. The molecule has 0 fully saturated rings. The van der Waals surface area contributed by atoms with Gasteiger partial charge in [0.25, 0.3) is 0 Å². The number of ether oxygens (including phenoxy) is 1. The maximum Gasteiger partial charge on any atom is 0.143 e. The van der Waals surface area contributed by atoms with Crippen molar-refractivity contribution in [1.82, 2.24) is 20.2 Å². The Labute approximate surface area is 108 Å². The van der Waals surface area contributed by atoms with Crippen LogP contribution in [0.2, 0.25) is 0 Å². The summed E-state index contributed by atoms with van der Waals surface area (Å²) in [6.07, 6.45) is 1.48. The van der Waals surface area contributed by atoms with E-state index in [9.17, 15) is 0 Å². The highest BCUT2D eigenvalue weighted by atomic mass is 35.5. The molecule has 0 aliphatic heterocycles. The van der Waals surface area contributed by atoms with Crippen LogP contribution in [0.15, 0.2) is 29.5 Å². The first-order valence-corrected chi connectivity index (χ1v) is 5.58. The summed E-state index contributed by atoms with van der Waals surface area (Å²) in [7, 11) is 1.57. The molecule has 2 N–H and O–H groups in total. The van der Waals surface area contributed by atoms with Gasteiger partial charge in [0.05, 0.1) is 24.4 Å². The minimum absolute atomic E-state index is 0.164. The molecular formula is C10H11ClN6O. The zero-order valence-corrected chi connectivity index (χ0v) is 10.4. The molecule has 1 heterocycles. The minimum atomic E-state index is 0.164. The second kappa shape index (κ2) is 5.46. The highest BCUT2D eigenvalue weighted by Crippen LogP contribution is 2.24. The van der Waals surface area contributed by atoms with Gasteiger partial charge in [0.2, 0.25) is 0 Å². The van der Waals surface area contributed by atoms with Gasteiger partial charge in [0.15, 0.2) is 0 Å².